The van der Waals surface area contributed by atoms with Crippen molar-refractivity contribution in [1.82, 2.24) is 0 Å². The molecule has 0 saturated carbocycles. The van der Waals surface area contributed by atoms with Crippen LogP contribution in [0, 0.1) is 0 Å². The molecule has 1 nitrogen and oxygen atoms in total. The van der Waals surface area contributed by atoms with E-state index in [-0.39, 0.29) is 0 Å². The van der Waals surface area contributed by atoms with Crippen LogP contribution in [0.4, 0.5) is 79.0 Å². The van der Waals surface area contributed by atoms with Gasteiger partial charge in [0, 0.05) is 13.2 Å². The van der Waals surface area contributed by atoms with Gasteiger partial charge in [-0.15, -0.1) is 0 Å². The minimum absolute atomic E-state index is 0.987. The predicted octanol–water partition coefficient (Wildman–Crippen LogP) is 11.3. The van der Waals surface area contributed by atoms with Gasteiger partial charge in [0.15, 0.2) is 0 Å². The minimum atomic E-state index is -7.85. The molecule has 0 aromatic carbocycles. The Morgan fingerprint density at radius 2 is 0.614 bits per heavy atom. The zero-order valence-corrected chi connectivity index (χ0v) is 26.5. The number of hydrogen-bond donors (Lipinski definition) is 0. The van der Waals surface area contributed by atoms with Crippen LogP contribution in [-0.2, 0) is 4.74 Å². The molecule has 0 saturated heterocycles. The molecular formula is C24H34F18OSn. The first-order valence-corrected chi connectivity index (χ1v) is 16.2. The molecule has 0 rings (SSSR count). The van der Waals surface area contributed by atoms with Crippen molar-refractivity contribution in [2.45, 2.75) is 135 Å². The fourth-order valence-corrected chi connectivity index (χ4v) is 6.09. The van der Waals surface area contributed by atoms with E-state index >= 15 is 0 Å². The normalized spacial score (nSPS) is 14.5. The molecule has 0 fully saturated rings. The Balaban J connectivity index is 0. The van der Waals surface area contributed by atoms with E-state index in [0.717, 1.165) is 13.2 Å². The third-order valence-corrected chi connectivity index (χ3v) is 9.47. The van der Waals surface area contributed by atoms with E-state index in [9.17, 15) is 79.0 Å². The summed E-state index contributed by atoms with van der Waals surface area (Å²) in [4.78, 5) is 0. The van der Waals surface area contributed by atoms with Gasteiger partial charge in [-0.05, 0) is 12.8 Å². The summed E-state index contributed by atoms with van der Waals surface area (Å²) < 4.78 is 214. The summed E-state index contributed by atoms with van der Waals surface area (Å²) in [5.41, 5.74) is 0. The molecule has 0 aromatic rings. The van der Waals surface area contributed by atoms with Gasteiger partial charge in [0.25, 0.3) is 0 Å². The molecule has 0 N–H and O–H groups in total. The first-order chi connectivity index (χ1) is 19.6. The molecule has 20 heteroatoms. The van der Waals surface area contributed by atoms with Crippen molar-refractivity contribution in [3.8, 4) is 0 Å². The van der Waals surface area contributed by atoms with Gasteiger partial charge in [0.05, 0.1) is 0 Å². The number of hydrogen-bond acceptors (Lipinski definition) is 1. The molecule has 0 aromatic heterocycles. The number of ether oxygens (including phenoxy) is 1. The molecule has 0 bridgehead atoms. The Kier molecular flexibility index (Phi) is 18.8. The summed E-state index contributed by atoms with van der Waals surface area (Å²) in [6.45, 7) is 6.51. The van der Waals surface area contributed by atoms with Crippen LogP contribution in [0.15, 0.2) is 0 Å². The third-order valence-electron chi connectivity index (χ3n) is 5.89. The maximum atomic E-state index is 12.9. The van der Waals surface area contributed by atoms with Crippen LogP contribution in [0.3, 0.4) is 0 Å². The molecule has 0 spiro atoms. The summed E-state index contributed by atoms with van der Waals surface area (Å²) in [7, 11) is 0. The van der Waals surface area contributed by atoms with Crippen LogP contribution >= 0.6 is 0 Å². The van der Waals surface area contributed by atoms with Crippen molar-refractivity contribution in [2.75, 3.05) is 13.2 Å². The first kappa shape index (κ1) is 45.6. The quantitative estimate of drug-likeness (QED) is 0.0677. The summed E-state index contributed by atoms with van der Waals surface area (Å²) in [5, 5.41) is 0. The van der Waals surface area contributed by atoms with E-state index < -0.39 is 65.1 Å². The fraction of sp³-hybridized carbons (Fsp3) is 1.00. The van der Waals surface area contributed by atoms with Crippen molar-refractivity contribution in [3.63, 3.8) is 0 Å². The second kappa shape index (κ2) is 18.2. The molecule has 0 heterocycles. The summed E-state index contributed by atoms with van der Waals surface area (Å²) in [6, 6.07) is 0. The molecule has 0 aliphatic carbocycles. The van der Waals surface area contributed by atoms with Gasteiger partial charge in [-0.2, -0.15) is 0 Å². The predicted molar refractivity (Wildman–Crippen MR) is 125 cm³/mol. The van der Waals surface area contributed by atoms with Crippen LogP contribution in [-0.4, -0.2) is 78.3 Å². The van der Waals surface area contributed by atoms with Crippen molar-refractivity contribution < 1.29 is 83.8 Å². The Bertz CT molecular complexity index is 718. The van der Waals surface area contributed by atoms with Crippen molar-refractivity contribution in [3.05, 3.63) is 0 Å². The second-order valence-electron chi connectivity index (χ2n) is 9.71. The number of rotatable bonds is 20. The molecule has 2 radical (unpaired) electrons. The van der Waals surface area contributed by atoms with E-state index in [0.29, 0.717) is 0 Å². The van der Waals surface area contributed by atoms with Crippen LogP contribution in [0.25, 0.3) is 0 Å². The average Bonchev–Trinajstić information content (AvgIpc) is 2.85. The molecule has 44 heavy (non-hydrogen) atoms. The molecule has 0 atom stereocenters. The van der Waals surface area contributed by atoms with E-state index in [1.165, 1.54) is 77.0 Å². The average molecular weight is 799 g/mol. The zero-order chi connectivity index (χ0) is 35.3. The van der Waals surface area contributed by atoms with E-state index in [1.54, 1.807) is 0 Å². The van der Waals surface area contributed by atoms with Gasteiger partial charge in [-0.1, -0.05) is 78.1 Å². The number of unbranched alkanes of at least 4 members (excludes halogenated alkanes) is 10. The molecule has 266 valence electrons. The monoisotopic (exact) mass is 800 g/mol. The fourth-order valence-electron chi connectivity index (χ4n) is 3.18. The van der Waals surface area contributed by atoms with Gasteiger partial charge in [0.2, 0.25) is 0 Å². The van der Waals surface area contributed by atoms with Gasteiger partial charge in [-0.3, -0.25) is 0 Å². The van der Waals surface area contributed by atoms with Gasteiger partial charge < -0.3 is 4.74 Å². The van der Waals surface area contributed by atoms with E-state index in [1.807, 2.05) is 0 Å². The number of halogens is 18. The molecule has 0 amide bonds. The van der Waals surface area contributed by atoms with Crippen LogP contribution in [0.5, 0.6) is 0 Å². The standard InChI is InChI=1S/C16H34O.2C4F9.Sn/c1-3-5-7-9-11-13-15-17-16-14-12-10-8-6-4-2;2*5-1(6)2(7,8)3(9,10)4(11,12)13;/h3-16H2,1-2H3;;;. The van der Waals surface area contributed by atoms with Crippen molar-refractivity contribution in [1.29, 1.82) is 0 Å². The van der Waals surface area contributed by atoms with Crippen molar-refractivity contribution in [2.24, 2.45) is 0 Å². The van der Waals surface area contributed by atoms with E-state index in [4.69, 9.17) is 4.74 Å². The SMILES string of the molecule is CCCCCCCCOCCCCCCCC.FC(F)(F)C(F)(F)C(F)(F)[C](F)(F)[Sn][C](F)(F)C(F)(F)C(F)(F)C(F)(F)F. The van der Waals surface area contributed by atoms with Gasteiger partial charge >= 0.3 is 144 Å². The Morgan fingerprint density at radius 3 is 0.864 bits per heavy atom. The number of alkyl halides is 18. The summed E-state index contributed by atoms with van der Waals surface area (Å²) in [6.07, 6.45) is 1.27. The molecule has 0 aliphatic rings. The van der Waals surface area contributed by atoms with Gasteiger partial charge in [0.1, 0.15) is 0 Å². The topological polar surface area (TPSA) is 9.23 Å². The second-order valence-corrected chi connectivity index (χ2v) is 14.0. The Morgan fingerprint density at radius 1 is 0.364 bits per heavy atom. The van der Waals surface area contributed by atoms with Crippen LogP contribution in [0.2, 0.25) is 0 Å². The molecule has 0 unspecified atom stereocenters. The Hall–Kier alpha value is -0.501. The molecule has 0 aliphatic heterocycles. The zero-order valence-electron chi connectivity index (χ0n) is 23.6. The van der Waals surface area contributed by atoms with Crippen molar-refractivity contribution >= 4 is 21.1 Å². The van der Waals surface area contributed by atoms with Crippen LogP contribution < -0.4 is 0 Å². The van der Waals surface area contributed by atoms with Gasteiger partial charge in [-0.25, -0.2) is 0 Å². The maximum absolute atomic E-state index is 12.9. The Labute approximate surface area is 253 Å². The summed E-state index contributed by atoms with van der Waals surface area (Å²) >= 11 is -6.91. The van der Waals surface area contributed by atoms with E-state index in [2.05, 4.69) is 13.8 Å². The third kappa shape index (κ3) is 12.6. The van der Waals surface area contributed by atoms with Crippen LogP contribution in [0.1, 0.15) is 90.9 Å². The molecular weight excluding hydrogens is 765 g/mol. The summed E-state index contributed by atoms with van der Waals surface area (Å²) in [5.74, 6) is -31.3. The first-order valence-electron chi connectivity index (χ1n) is 13.4.